The number of benzene rings is 1. The first-order valence-corrected chi connectivity index (χ1v) is 5.80. The normalized spacial score (nSPS) is 9.76. The summed E-state index contributed by atoms with van der Waals surface area (Å²) in [5.41, 5.74) is 0.0336. The topological polar surface area (TPSA) is 58.6 Å². The summed E-state index contributed by atoms with van der Waals surface area (Å²) in [6.07, 6.45) is 1.59. The fourth-order valence-electron chi connectivity index (χ4n) is 1.23. The van der Waals surface area contributed by atoms with Crippen LogP contribution in [0.15, 0.2) is 29.3 Å². The molecule has 0 fully saturated rings. The molecule has 17 heavy (non-hydrogen) atoms. The van der Waals surface area contributed by atoms with Crippen LogP contribution in [0.25, 0.3) is 0 Å². The van der Waals surface area contributed by atoms with Crippen molar-refractivity contribution in [2.24, 2.45) is 0 Å². The molecular formula is C12H12BrO4-. The molecule has 0 atom stereocenters. The van der Waals surface area contributed by atoms with Crippen LogP contribution in [0.5, 0.6) is 11.5 Å². The van der Waals surface area contributed by atoms with Crippen molar-refractivity contribution in [2.75, 3.05) is 13.2 Å². The van der Waals surface area contributed by atoms with E-state index in [0.717, 1.165) is 0 Å². The predicted molar refractivity (Wildman–Crippen MR) is 65.3 cm³/mol. The number of hydrogen-bond acceptors (Lipinski definition) is 4. The lowest BCUT2D eigenvalue weighted by Crippen LogP contribution is -2.22. The molecular weight excluding hydrogens is 288 g/mol. The van der Waals surface area contributed by atoms with Gasteiger partial charge < -0.3 is 19.4 Å². The number of carbonyl (C=O) groups is 1. The molecule has 0 unspecified atom stereocenters. The number of carboxylic acid groups (broad SMARTS) is 1. The van der Waals surface area contributed by atoms with Gasteiger partial charge >= 0.3 is 0 Å². The first-order valence-electron chi connectivity index (χ1n) is 5.01. The Morgan fingerprint density at radius 3 is 2.76 bits per heavy atom. The highest BCUT2D eigenvalue weighted by Crippen LogP contribution is 2.36. The largest absolute Gasteiger partial charge is 0.545 e. The maximum atomic E-state index is 10.8. The van der Waals surface area contributed by atoms with E-state index in [0.29, 0.717) is 29.2 Å². The van der Waals surface area contributed by atoms with Gasteiger partial charge in [0.15, 0.2) is 11.5 Å². The monoisotopic (exact) mass is 299 g/mol. The van der Waals surface area contributed by atoms with Crippen molar-refractivity contribution < 1.29 is 19.4 Å². The molecule has 1 aromatic carbocycles. The Bertz CT molecular complexity index is 429. The third kappa shape index (κ3) is 3.49. The fourth-order valence-corrected chi connectivity index (χ4v) is 1.79. The van der Waals surface area contributed by atoms with Crippen LogP contribution in [0.3, 0.4) is 0 Å². The van der Waals surface area contributed by atoms with Crippen LogP contribution >= 0.6 is 15.9 Å². The van der Waals surface area contributed by atoms with E-state index < -0.39 is 5.97 Å². The first kappa shape index (κ1) is 13.6. The van der Waals surface area contributed by atoms with Gasteiger partial charge in [-0.25, -0.2) is 0 Å². The minimum absolute atomic E-state index is 0.0336. The van der Waals surface area contributed by atoms with E-state index >= 15 is 0 Å². The average molecular weight is 300 g/mol. The molecule has 0 aromatic heterocycles. The van der Waals surface area contributed by atoms with Gasteiger partial charge in [-0.1, -0.05) is 12.7 Å². The quantitative estimate of drug-likeness (QED) is 0.751. The van der Waals surface area contributed by atoms with Crippen LogP contribution in [0.2, 0.25) is 0 Å². The molecule has 0 bridgehead atoms. The molecule has 0 N–H and O–H groups in total. The second-order valence-electron chi connectivity index (χ2n) is 3.11. The van der Waals surface area contributed by atoms with Crippen LogP contribution < -0.4 is 14.6 Å². The molecule has 92 valence electrons. The van der Waals surface area contributed by atoms with Gasteiger partial charge in [-0.2, -0.15) is 0 Å². The minimum Gasteiger partial charge on any atom is -0.545 e. The zero-order valence-corrected chi connectivity index (χ0v) is 11.0. The summed E-state index contributed by atoms with van der Waals surface area (Å²) in [5.74, 6) is -0.443. The minimum atomic E-state index is -1.26. The number of aromatic carboxylic acids is 1. The molecule has 4 nitrogen and oxygen atoms in total. The number of carboxylic acids is 1. The van der Waals surface area contributed by atoms with Gasteiger partial charge in [-0.3, -0.25) is 0 Å². The molecule has 0 radical (unpaired) electrons. The lowest BCUT2D eigenvalue weighted by molar-refractivity contribution is -0.255. The van der Waals surface area contributed by atoms with E-state index in [1.165, 1.54) is 12.1 Å². The van der Waals surface area contributed by atoms with Gasteiger partial charge in [-0.05, 0) is 35.0 Å². The van der Waals surface area contributed by atoms with Crippen LogP contribution in [0, 0.1) is 0 Å². The van der Waals surface area contributed by atoms with Crippen LogP contribution in [-0.4, -0.2) is 19.2 Å². The van der Waals surface area contributed by atoms with E-state index in [4.69, 9.17) is 9.47 Å². The first-order chi connectivity index (χ1) is 8.10. The van der Waals surface area contributed by atoms with E-state index in [2.05, 4.69) is 22.5 Å². The fraction of sp³-hybridized carbons (Fsp3) is 0.250. The third-order valence-corrected chi connectivity index (χ3v) is 2.48. The molecule has 0 aliphatic rings. The van der Waals surface area contributed by atoms with Gasteiger partial charge in [0.05, 0.1) is 17.0 Å². The molecule has 0 aliphatic carbocycles. The Morgan fingerprint density at radius 1 is 1.53 bits per heavy atom. The van der Waals surface area contributed by atoms with Crippen molar-refractivity contribution in [2.45, 2.75) is 6.92 Å². The highest BCUT2D eigenvalue weighted by molar-refractivity contribution is 9.10. The summed E-state index contributed by atoms with van der Waals surface area (Å²) in [5, 5.41) is 10.8. The molecule has 0 saturated carbocycles. The molecule has 1 rings (SSSR count). The maximum Gasteiger partial charge on any atom is 0.175 e. The lowest BCUT2D eigenvalue weighted by Gasteiger charge is -2.14. The van der Waals surface area contributed by atoms with Crippen molar-refractivity contribution in [3.05, 3.63) is 34.8 Å². The van der Waals surface area contributed by atoms with Gasteiger partial charge in [0.2, 0.25) is 0 Å². The predicted octanol–water partition coefficient (Wildman–Crippen LogP) is 1.78. The van der Waals surface area contributed by atoms with E-state index in [1.54, 1.807) is 13.0 Å². The highest BCUT2D eigenvalue weighted by atomic mass is 79.9. The molecule has 1 aromatic rings. The maximum absolute atomic E-state index is 10.8. The number of hydrogen-bond donors (Lipinski definition) is 0. The van der Waals surface area contributed by atoms with Crippen molar-refractivity contribution in [1.82, 2.24) is 0 Å². The number of halogens is 1. The van der Waals surface area contributed by atoms with Gasteiger partial charge in [0.1, 0.15) is 6.61 Å². The van der Waals surface area contributed by atoms with E-state index in [9.17, 15) is 9.90 Å². The smallest absolute Gasteiger partial charge is 0.175 e. The summed E-state index contributed by atoms with van der Waals surface area (Å²) in [6.45, 7) is 6.06. The second kappa shape index (κ2) is 6.30. The summed E-state index contributed by atoms with van der Waals surface area (Å²) in [4.78, 5) is 10.8. The molecule has 0 aliphatic heterocycles. The Hall–Kier alpha value is -1.49. The number of rotatable bonds is 6. The van der Waals surface area contributed by atoms with Crippen molar-refractivity contribution >= 4 is 21.9 Å². The lowest BCUT2D eigenvalue weighted by atomic mass is 10.2. The number of ether oxygens (including phenoxy) is 2. The average Bonchev–Trinajstić information content (AvgIpc) is 2.28. The van der Waals surface area contributed by atoms with Gasteiger partial charge in [0, 0.05) is 5.56 Å². The number of carbonyl (C=O) groups excluding carboxylic acids is 1. The van der Waals surface area contributed by atoms with E-state index in [1.807, 2.05) is 0 Å². The van der Waals surface area contributed by atoms with Crippen LogP contribution in [0.4, 0.5) is 0 Å². The Kier molecular flexibility index (Phi) is 5.03. The van der Waals surface area contributed by atoms with Crippen molar-refractivity contribution in [3.8, 4) is 11.5 Å². The molecule has 5 heteroatoms. The third-order valence-electron chi connectivity index (χ3n) is 1.89. The van der Waals surface area contributed by atoms with E-state index in [-0.39, 0.29) is 5.56 Å². The Labute approximate surface area is 108 Å². The molecule has 0 amide bonds. The van der Waals surface area contributed by atoms with Crippen LogP contribution in [-0.2, 0) is 0 Å². The Balaban J connectivity index is 3.17. The summed E-state index contributed by atoms with van der Waals surface area (Å²) < 4.78 is 11.2. The standard InChI is InChI=1S/C12H13BrO4/c1-3-5-17-11-9(13)6-8(12(14)15)7-10(11)16-4-2/h3,6-7H,1,4-5H2,2H3,(H,14,15)/p-1. The molecule has 0 spiro atoms. The zero-order valence-electron chi connectivity index (χ0n) is 9.36. The zero-order chi connectivity index (χ0) is 12.8. The SMILES string of the molecule is C=CCOc1c(Br)cc(C(=O)[O-])cc1OCC. The molecule has 0 heterocycles. The summed E-state index contributed by atoms with van der Waals surface area (Å²) >= 11 is 3.24. The van der Waals surface area contributed by atoms with Crippen molar-refractivity contribution in [1.29, 1.82) is 0 Å². The van der Waals surface area contributed by atoms with Gasteiger partial charge in [0.25, 0.3) is 0 Å². The van der Waals surface area contributed by atoms with Crippen LogP contribution in [0.1, 0.15) is 17.3 Å². The Morgan fingerprint density at radius 2 is 2.24 bits per heavy atom. The molecule has 0 saturated heterocycles. The highest BCUT2D eigenvalue weighted by Gasteiger charge is 2.12. The summed E-state index contributed by atoms with van der Waals surface area (Å²) in [6, 6.07) is 2.79. The van der Waals surface area contributed by atoms with Crippen molar-refractivity contribution in [3.63, 3.8) is 0 Å². The second-order valence-corrected chi connectivity index (χ2v) is 3.96. The summed E-state index contributed by atoms with van der Waals surface area (Å²) in [7, 11) is 0. The van der Waals surface area contributed by atoms with Gasteiger partial charge in [-0.15, -0.1) is 0 Å².